The normalized spacial score (nSPS) is 41.8. The molecule has 0 aliphatic heterocycles. The lowest BCUT2D eigenvalue weighted by Gasteiger charge is -2.53. The van der Waals surface area contributed by atoms with E-state index in [4.69, 9.17) is 4.74 Å². The predicted molar refractivity (Wildman–Crippen MR) is 92.8 cm³/mol. The maximum absolute atomic E-state index is 10.7. The van der Waals surface area contributed by atoms with Crippen LogP contribution in [0.1, 0.15) is 63.0 Å². The number of benzene rings is 1. The first-order valence-electron chi connectivity index (χ1n) is 9.45. The summed E-state index contributed by atoms with van der Waals surface area (Å²) in [5.41, 5.74) is 3.28. The number of hydrogen-bond acceptors (Lipinski definition) is 2. The fourth-order valence-corrected chi connectivity index (χ4v) is 6.55. The second-order valence-electron chi connectivity index (χ2n) is 8.26. The molecule has 1 N–H and O–H groups in total. The molecule has 1 aromatic carbocycles. The number of rotatable bonds is 2. The summed E-state index contributed by atoms with van der Waals surface area (Å²) in [5, 5.41) is 10.7. The minimum atomic E-state index is -0.0667. The van der Waals surface area contributed by atoms with E-state index in [-0.39, 0.29) is 11.5 Å². The zero-order valence-corrected chi connectivity index (χ0v) is 14.7. The van der Waals surface area contributed by atoms with Gasteiger partial charge in [-0.2, -0.15) is 0 Å². The maximum Gasteiger partial charge on any atom is 0.119 e. The summed E-state index contributed by atoms with van der Waals surface area (Å²) in [4.78, 5) is 0. The van der Waals surface area contributed by atoms with Crippen molar-refractivity contribution in [2.45, 2.75) is 64.4 Å². The van der Waals surface area contributed by atoms with E-state index in [1.165, 1.54) is 31.2 Å². The van der Waals surface area contributed by atoms with Gasteiger partial charge in [0.1, 0.15) is 5.75 Å². The van der Waals surface area contributed by atoms with Gasteiger partial charge in [0.05, 0.1) is 13.2 Å². The Kier molecular flexibility index (Phi) is 3.72. The van der Waals surface area contributed by atoms with Crippen LogP contribution < -0.4 is 4.74 Å². The molecule has 1 unspecified atom stereocenters. The van der Waals surface area contributed by atoms with Gasteiger partial charge in [-0.15, -0.1) is 0 Å². The van der Waals surface area contributed by atoms with Crippen LogP contribution in [0.25, 0.3) is 0 Å². The van der Waals surface area contributed by atoms with E-state index in [0.29, 0.717) is 17.8 Å². The molecule has 0 bridgehead atoms. The van der Waals surface area contributed by atoms with Gasteiger partial charge < -0.3 is 9.84 Å². The number of methoxy groups -OCH3 is 1. The molecular weight excluding hydrogens is 284 g/mol. The highest BCUT2D eigenvalue weighted by Crippen LogP contribution is 2.63. The Labute approximate surface area is 140 Å². The van der Waals surface area contributed by atoms with E-state index in [9.17, 15) is 5.11 Å². The number of fused-ring (bicyclic) bond motifs is 5. The number of hydrogen-bond donors (Lipinski definition) is 1. The molecule has 126 valence electrons. The maximum atomic E-state index is 10.7. The summed E-state index contributed by atoms with van der Waals surface area (Å²) in [6, 6.07) is 6.71. The fraction of sp³-hybridized carbons (Fsp3) is 0.714. The lowest BCUT2D eigenvalue weighted by atomic mass is 9.51. The summed E-state index contributed by atoms with van der Waals surface area (Å²) in [7, 11) is 1.76. The number of aliphatic hydroxyl groups excluding tert-OH is 1. The molecule has 2 saturated carbocycles. The Bertz CT molecular complexity index is 596. The van der Waals surface area contributed by atoms with Crippen molar-refractivity contribution in [1.82, 2.24) is 0 Å². The van der Waals surface area contributed by atoms with E-state index in [2.05, 4.69) is 32.0 Å². The predicted octanol–water partition coefficient (Wildman–Crippen LogP) is 4.55. The van der Waals surface area contributed by atoms with Crippen molar-refractivity contribution in [2.75, 3.05) is 7.11 Å². The van der Waals surface area contributed by atoms with Crippen LogP contribution in [0.5, 0.6) is 5.75 Å². The first kappa shape index (κ1) is 15.5. The van der Waals surface area contributed by atoms with Crippen molar-refractivity contribution in [1.29, 1.82) is 0 Å². The average molecular weight is 314 g/mol. The van der Waals surface area contributed by atoms with Gasteiger partial charge in [-0.1, -0.05) is 19.9 Å². The standard InChI is InChI=1S/C21H30O2/c1-4-21-10-9-17-16-6-5-15(23-3)12-14(16)11-13(2)20(17)18(21)7-8-19(21)22/h5-6,12-13,17-20,22H,4,7-11H2,1-3H3/t13-,17-,18+,19+,20-,21?/m1/s1. The largest absolute Gasteiger partial charge is 0.497 e. The van der Waals surface area contributed by atoms with Crippen molar-refractivity contribution in [2.24, 2.45) is 23.2 Å². The van der Waals surface area contributed by atoms with Crippen LogP contribution in [0.4, 0.5) is 0 Å². The quantitative estimate of drug-likeness (QED) is 0.868. The second kappa shape index (κ2) is 5.51. The third-order valence-electron chi connectivity index (χ3n) is 7.61. The third kappa shape index (κ3) is 2.10. The molecule has 1 aromatic rings. The van der Waals surface area contributed by atoms with Crippen molar-refractivity contribution < 1.29 is 9.84 Å². The van der Waals surface area contributed by atoms with Gasteiger partial charge in [0.25, 0.3) is 0 Å². The van der Waals surface area contributed by atoms with Crippen molar-refractivity contribution >= 4 is 0 Å². The molecule has 3 aliphatic carbocycles. The van der Waals surface area contributed by atoms with Crippen molar-refractivity contribution in [3.05, 3.63) is 29.3 Å². The molecule has 2 heteroatoms. The van der Waals surface area contributed by atoms with Crippen LogP contribution in [-0.2, 0) is 6.42 Å². The molecule has 0 aromatic heterocycles. The van der Waals surface area contributed by atoms with Crippen LogP contribution in [-0.4, -0.2) is 18.3 Å². The molecule has 23 heavy (non-hydrogen) atoms. The molecule has 0 saturated heterocycles. The summed E-state index contributed by atoms with van der Waals surface area (Å²) >= 11 is 0. The monoisotopic (exact) mass is 314 g/mol. The highest BCUT2D eigenvalue weighted by atomic mass is 16.5. The van der Waals surface area contributed by atoms with Gasteiger partial charge in [-0.05, 0) is 90.9 Å². The highest BCUT2D eigenvalue weighted by molar-refractivity contribution is 5.41. The highest BCUT2D eigenvalue weighted by Gasteiger charge is 2.57. The smallest absolute Gasteiger partial charge is 0.119 e. The van der Waals surface area contributed by atoms with Gasteiger partial charge in [-0.25, -0.2) is 0 Å². The van der Waals surface area contributed by atoms with Gasteiger partial charge in [-0.3, -0.25) is 0 Å². The molecule has 0 spiro atoms. The Morgan fingerprint density at radius 2 is 2.09 bits per heavy atom. The molecule has 2 nitrogen and oxygen atoms in total. The fourth-order valence-electron chi connectivity index (χ4n) is 6.55. The molecule has 2 fully saturated rings. The van der Waals surface area contributed by atoms with Crippen LogP contribution in [0, 0.1) is 23.2 Å². The summed E-state index contributed by atoms with van der Waals surface area (Å²) in [6.45, 7) is 4.74. The average Bonchev–Trinajstić information content (AvgIpc) is 2.91. The Morgan fingerprint density at radius 1 is 1.26 bits per heavy atom. The van der Waals surface area contributed by atoms with E-state index in [1.807, 2.05) is 0 Å². The minimum absolute atomic E-state index is 0.0667. The molecule has 0 radical (unpaired) electrons. The van der Waals surface area contributed by atoms with Gasteiger partial charge in [0.2, 0.25) is 0 Å². The molecular formula is C21H30O2. The van der Waals surface area contributed by atoms with Gasteiger partial charge in [0, 0.05) is 0 Å². The van der Waals surface area contributed by atoms with Crippen LogP contribution in [0.2, 0.25) is 0 Å². The summed E-state index contributed by atoms with van der Waals surface area (Å²) in [5.74, 6) is 3.86. The first-order chi connectivity index (χ1) is 11.1. The van der Waals surface area contributed by atoms with Crippen LogP contribution in [0.15, 0.2) is 18.2 Å². The van der Waals surface area contributed by atoms with Crippen molar-refractivity contribution in [3.8, 4) is 5.75 Å². The zero-order valence-electron chi connectivity index (χ0n) is 14.7. The number of ether oxygens (including phenoxy) is 1. The van der Waals surface area contributed by atoms with Crippen molar-refractivity contribution in [3.63, 3.8) is 0 Å². The topological polar surface area (TPSA) is 29.5 Å². The van der Waals surface area contributed by atoms with E-state index >= 15 is 0 Å². The summed E-state index contributed by atoms with van der Waals surface area (Å²) in [6.07, 6.45) is 6.94. The second-order valence-corrected chi connectivity index (χ2v) is 8.26. The SMILES string of the molecule is CCC12CC[C@@H]3c4ccc(OC)cc4C[C@@H](C)[C@H]3[C@@H]1CC[C@@H]2O. The number of aliphatic hydroxyl groups is 1. The van der Waals surface area contributed by atoms with Crippen LogP contribution in [0.3, 0.4) is 0 Å². The molecule has 0 heterocycles. The van der Waals surface area contributed by atoms with E-state index in [1.54, 1.807) is 12.7 Å². The molecule has 0 amide bonds. The van der Waals surface area contributed by atoms with Gasteiger partial charge >= 0.3 is 0 Å². The van der Waals surface area contributed by atoms with Crippen LogP contribution >= 0.6 is 0 Å². The molecule has 6 atom stereocenters. The van der Waals surface area contributed by atoms with Gasteiger partial charge in [0.15, 0.2) is 0 Å². The lowest BCUT2D eigenvalue weighted by molar-refractivity contribution is -0.0513. The molecule has 3 aliphatic rings. The minimum Gasteiger partial charge on any atom is -0.497 e. The Balaban J connectivity index is 1.73. The van der Waals surface area contributed by atoms with E-state index in [0.717, 1.165) is 24.5 Å². The summed E-state index contributed by atoms with van der Waals surface area (Å²) < 4.78 is 5.44. The zero-order chi connectivity index (χ0) is 16.2. The Hall–Kier alpha value is -1.02. The third-order valence-corrected chi connectivity index (χ3v) is 7.61. The first-order valence-corrected chi connectivity index (χ1v) is 9.45. The molecule has 4 rings (SSSR count). The Morgan fingerprint density at radius 3 is 2.83 bits per heavy atom. The van der Waals surface area contributed by atoms with E-state index < -0.39 is 0 Å². The lowest BCUT2D eigenvalue weighted by Crippen LogP contribution is -2.47.